The summed E-state index contributed by atoms with van der Waals surface area (Å²) >= 11 is 3.40. The molecule has 0 aliphatic carbocycles. The Morgan fingerprint density at radius 3 is 2.59 bits per heavy atom. The number of rotatable bonds is 1. The highest BCUT2D eigenvalue weighted by atomic mass is 35.5. The molecule has 1 unspecified atom stereocenters. The number of hydrogen-bond acceptors (Lipinski definition) is 4. The summed E-state index contributed by atoms with van der Waals surface area (Å²) in [6.45, 7) is 5.81. The molecule has 4 nitrogen and oxygen atoms in total. The minimum absolute atomic E-state index is 0.0350. The summed E-state index contributed by atoms with van der Waals surface area (Å²) < 4.78 is 27.8. The summed E-state index contributed by atoms with van der Waals surface area (Å²) in [6.07, 6.45) is 0. The molecule has 0 aliphatic heterocycles. The van der Waals surface area contributed by atoms with Gasteiger partial charge in [-0.2, -0.15) is 0 Å². The third-order valence-corrected chi connectivity index (χ3v) is 3.44. The van der Waals surface area contributed by atoms with Crippen molar-refractivity contribution in [1.82, 2.24) is 4.98 Å². The number of nitrogens with zero attached hydrogens (tertiary/aromatic N) is 1. The van der Waals surface area contributed by atoms with Crippen LogP contribution in [-0.4, -0.2) is 13.7 Å². The van der Waals surface area contributed by atoms with Crippen LogP contribution in [0.3, 0.4) is 0 Å². The summed E-state index contributed by atoms with van der Waals surface area (Å²) in [6, 6.07) is 3.15. The summed E-state index contributed by atoms with van der Waals surface area (Å²) in [5, 5.41) is 0.141. The number of fused-ring (bicyclic) bond motifs is 1. The van der Waals surface area contributed by atoms with E-state index in [2.05, 4.69) is 4.98 Å². The molecule has 2 aromatic rings. The molecule has 0 fully saturated rings. The molecule has 92 valence electrons. The van der Waals surface area contributed by atoms with Gasteiger partial charge in [0.2, 0.25) is 5.89 Å². The Kier molecular flexibility index (Phi) is 3.01. The molecule has 1 heterocycles. The lowest BCUT2D eigenvalue weighted by atomic mass is 9.97. The minimum Gasteiger partial charge on any atom is -0.768 e. The molecule has 1 aromatic carbocycles. The van der Waals surface area contributed by atoms with Crippen LogP contribution in [0.15, 0.2) is 21.4 Å². The van der Waals surface area contributed by atoms with E-state index in [9.17, 15) is 8.76 Å². The number of halogens is 1. The predicted octanol–water partition coefficient (Wildman–Crippen LogP) is 3.02. The number of benzene rings is 1. The molecule has 0 saturated carbocycles. The maximum Gasteiger partial charge on any atom is 0.200 e. The Balaban J connectivity index is 2.78. The highest BCUT2D eigenvalue weighted by molar-refractivity contribution is 7.79. The van der Waals surface area contributed by atoms with Crippen molar-refractivity contribution >= 4 is 33.8 Å². The molecule has 0 bridgehead atoms. The summed E-state index contributed by atoms with van der Waals surface area (Å²) in [5.41, 5.74) is 0.432. The average molecular weight is 273 g/mol. The number of aromatic nitrogens is 1. The first-order valence-electron chi connectivity index (χ1n) is 4.99. The SMILES string of the molecule is CC(C)(C)c1nc2ccc(Cl)c(S(=O)[O-])c2o1. The van der Waals surface area contributed by atoms with E-state index in [-0.39, 0.29) is 20.9 Å². The molecule has 0 spiro atoms. The second-order valence-electron chi connectivity index (χ2n) is 4.73. The van der Waals surface area contributed by atoms with E-state index in [0.29, 0.717) is 11.4 Å². The van der Waals surface area contributed by atoms with Gasteiger partial charge < -0.3 is 8.97 Å². The zero-order chi connectivity index (χ0) is 12.8. The fraction of sp³-hybridized carbons (Fsp3) is 0.364. The van der Waals surface area contributed by atoms with E-state index in [1.807, 2.05) is 20.8 Å². The molecule has 17 heavy (non-hydrogen) atoms. The first-order valence-corrected chi connectivity index (χ1v) is 6.45. The Morgan fingerprint density at radius 1 is 1.41 bits per heavy atom. The summed E-state index contributed by atoms with van der Waals surface area (Å²) in [7, 11) is 0. The van der Waals surface area contributed by atoms with E-state index in [1.165, 1.54) is 6.07 Å². The molecule has 0 N–H and O–H groups in total. The Bertz CT molecular complexity index is 601. The zero-order valence-electron chi connectivity index (χ0n) is 9.61. The van der Waals surface area contributed by atoms with Crippen molar-refractivity contribution in [1.29, 1.82) is 0 Å². The molecule has 6 heteroatoms. The van der Waals surface area contributed by atoms with E-state index >= 15 is 0 Å². The van der Waals surface area contributed by atoms with Crippen LogP contribution in [-0.2, 0) is 16.5 Å². The van der Waals surface area contributed by atoms with Crippen molar-refractivity contribution in [2.45, 2.75) is 31.1 Å². The van der Waals surface area contributed by atoms with Gasteiger partial charge >= 0.3 is 0 Å². The average Bonchev–Trinajstić information content (AvgIpc) is 2.59. The number of hydrogen-bond donors (Lipinski definition) is 0. The van der Waals surface area contributed by atoms with Crippen LogP contribution >= 0.6 is 11.6 Å². The maximum atomic E-state index is 11.1. The van der Waals surface area contributed by atoms with Crippen LogP contribution in [0.2, 0.25) is 5.02 Å². The third-order valence-electron chi connectivity index (χ3n) is 2.27. The van der Waals surface area contributed by atoms with Gasteiger partial charge in [-0.15, -0.1) is 0 Å². The van der Waals surface area contributed by atoms with Gasteiger partial charge in [0.05, 0.1) is 9.92 Å². The lowest BCUT2D eigenvalue weighted by molar-refractivity contribution is 0.408. The van der Waals surface area contributed by atoms with Crippen molar-refractivity contribution in [2.24, 2.45) is 0 Å². The van der Waals surface area contributed by atoms with E-state index in [1.54, 1.807) is 6.07 Å². The topological polar surface area (TPSA) is 66.2 Å². The van der Waals surface area contributed by atoms with Crippen LogP contribution in [0.4, 0.5) is 0 Å². The van der Waals surface area contributed by atoms with Crippen molar-refractivity contribution < 1.29 is 13.2 Å². The fourth-order valence-corrected chi connectivity index (χ4v) is 2.28. The Hall–Kier alpha value is -0.910. The molecule has 1 atom stereocenters. The fourth-order valence-electron chi connectivity index (χ4n) is 1.42. The lowest BCUT2D eigenvalue weighted by Gasteiger charge is -2.12. The standard InChI is InChI=1S/C11H12ClNO3S/c1-11(2,3)10-13-7-5-4-6(12)9(17(14)15)8(7)16-10/h4-5H,1-3H3,(H,14,15)/p-1. The van der Waals surface area contributed by atoms with Crippen LogP contribution in [0.5, 0.6) is 0 Å². The van der Waals surface area contributed by atoms with E-state index in [4.69, 9.17) is 16.0 Å². The largest absolute Gasteiger partial charge is 0.768 e. The van der Waals surface area contributed by atoms with E-state index < -0.39 is 11.1 Å². The van der Waals surface area contributed by atoms with Crippen LogP contribution in [0, 0.1) is 0 Å². The molecular formula is C11H11ClNO3S-. The Morgan fingerprint density at radius 2 is 2.06 bits per heavy atom. The first-order chi connectivity index (χ1) is 7.80. The van der Waals surface area contributed by atoms with Gasteiger partial charge in [0.25, 0.3) is 0 Å². The first kappa shape index (κ1) is 12.5. The zero-order valence-corrected chi connectivity index (χ0v) is 11.2. The second kappa shape index (κ2) is 4.08. The quantitative estimate of drug-likeness (QED) is 0.749. The number of oxazole rings is 1. The molecule has 0 amide bonds. The molecule has 1 aromatic heterocycles. The van der Waals surface area contributed by atoms with Gasteiger partial charge in [0.1, 0.15) is 5.52 Å². The molecule has 0 saturated heterocycles. The lowest BCUT2D eigenvalue weighted by Crippen LogP contribution is -2.10. The third kappa shape index (κ3) is 2.22. The molecular weight excluding hydrogens is 262 g/mol. The highest BCUT2D eigenvalue weighted by Crippen LogP contribution is 2.32. The highest BCUT2D eigenvalue weighted by Gasteiger charge is 2.22. The van der Waals surface area contributed by atoms with Gasteiger partial charge in [-0.1, -0.05) is 32.4 Å². The van der Waals surface area contributed by atoms with Gasteiger partial charge in [-0.25, -0.2) is 4.98 Å². The Labute approximate surface area is 106 Å². The van der Waals surface area contributed by atoms with Crippen LogP contribution in [0.25, 0.3) is 11.1 Å². The maximum absolute atomic E-state index is 11.1. The molecule has 0 radical (unpaired) electrons. The van der Waals surface area contributed by atoms with Crippen molar-refractivity contribution in [3.8, 4) is 0 Å². The van der Waals surface area contributed by atoms with Crippen LogP contribution < -0.4 is 0 Å². The van der Waals surface area contributed by atoms with E-state index in [0.717, 1.165) is 0 Å². The minimum atomic E-state index is -2.44. The van der Waals surface area contributed by atoms with Gasteiger partial charge in [0.15, 0.2) is 5.58 Å². The van der Waals surface area contributed by atoms with Gasteiger partial charge in [-0.05, 0) is 23.2 Å². The van der Waals surface area contributed by atoms with Gasteiger partial charge in [-0.3, -0.25) is 4.21 Å². The van der Waals surface area contributed by atoms with Crippen LogP contribution in [0.1, 0.15) is 26.7 Å². The van der Waals surface area contributed by atoms with Crippen molar-refractivity contribution in [3.05, 3.63) is 23.0 Å². The monoisotopic (exact) mass is 272 g/mol. The smallest absolute Gasteiger partial charge is 0.200 e. The van der Waals surface area contributed by atoms with Crippen molar-refractivity contribution in [2.75, 3.05) is 0 Å². The normalized spacial score (nSPS) is 14.2. The summed E-state index contributed by atoms with van der Waals surface area (Å²) in [5.74, 6) is 0.487. The summed E-state index contributed by atoms with van der Waals surface area (Å²) in [4.78, 5) is 4.23. The van der Waals surface area contributed by atoms with Gasteiger partial charge in [0, 0.05) is 5.41 Å². The molecule has 2 rings (SSSR count). The van der Waals surface area contributed by atoms with Crippen molar-refractivity contribution in [3.63, 3.8) is 0 Å². The molecule has 0 aliphatic rings. The predicted molar refractivity (Wildman–Crippen MR) is 64.9 cm³/mol. The second-order valence-corrected chi connectivity index (χ2v) is 6.01.